The highest BCUT2D eigenvalue weighted by Crippen LogP contribution is 2.41. The molecule has 0 saturated carbocycles. The molecule has 0 spiro atoms. The van der Waals surface area contributed by atoms with Gasteiger partial charge in [0.15, 0.2) is 16.8 Å². The summed E-state index contributed by atoms with van der Waals surface area (Å²) in [4.78, 5) is 29.0. The molecule has 0 unspecified atom stereocenters. The molecular formula is C24H26F5N7OS. The van der Waals surface area contributed by atoms with E-state index in [2.05, 4.69) is 25.2 Å². The first-order valence-corrected chi connectivity index (χ1v) is 12.6. The first-order chi connectivity index (χ1) is 18.0. The molecule has 14 heteroatoms. The molecule has 38 heavy (non-hydrogen) atoms. The van der Waals surface area contributed by atoms with E-state index < -0.39 is 23.4 Å². The lowest BCUT2D eigenvalue weighted by Gasteiger charge is -2.35. The minimum absolute atomic E-state index is 0.0576. The molecule has 1 fully saturated rings. The molecule has 4 rings (SSSR count). The average molecular weight is 556 g/mol. The van der Waals surface area contributed by atoms with E-state index in [4.69, 9.17) is 0 Å². The van der Waals surface area contributed by atoms with Crippen LogP contribution in [0.25, 0.3) is 11.3 Å². The lowest BCUT2D eigenvalue weighted by Crippen LogP contribution is -2.47. The van der Waals surface area contributed by atoms with E-state index in [-0.39, 0.29) is 28.0 Å². The molecule has 0 radical (unpaired) electrons. The minimum atomic E-state index is -4.73. The molecule has 204 valence electrons. The monoisotopic (exact) mass is 555 g/mol. The summed E-state index contributed by atoms with van der Waals surface area (Å²) < 4.78 is 69.5. The maximum atomic E-state index is 15.6. The van der Waals surface area contributed by atoms with Crippen molar-refractivity contribution in [1.29, 1.82) is 0 Å². The fraction of sp³-hybridized carbons (Fsp3) is 0.417. The Bertz CT molecular complexity index is 1310. The third-order valence-corrected chi connectivity index (χ3v) is 7.06. The summed E-state index contributed by atoms with van der Waals surface area (Å²) in [6.45, 7) is 4.59. The van der Waals surface area contributed by atoms with Gasteiger partial charge in [0.1, 0.15) is 28.6 Å². The number of thiazole rings is 1. The Labute approximate surface area is 220 Å². The van der Waals surface area contributed by atoms with E-state index in [1.165, 1.54) is 0 Å². The zero-order chi connectivity index (χ0) is 27.6. The number of aryl methyl sites for hydroxylation is 1. The maximum Gasteiger partial charge on any atom is 0.416 e. The number of benzene rings is 1. The third-order valence-electron chi connectivity index (χ3n) is 5.92. The number of anilines is 4. The van der Waals surface area contributed by atoms with Crippen molar-refractivity contribution >= 4 is 39.4 Å². The highest BCUT2D eigenvalue weighted by Gasteiger charge is 2.32. The SMILES string of the molecule is Cc1nc(Nc2nc(-c3cc(F)cc(C(F)(F)F)c3)c(N(C)C)s2)c(F)c(N2CCN(CCC=O)CC2)n1. The summed E-state index contributed by atoms with van der Waals surface area (Å²) in [6.07, 6.45) is -3.43. The van der Waals surface area contributed by atoms with Crippen molar-refractivity contribution in [3.63, 3.8) is 0 Å². The topological polar surface area (TPSA) is 77.5 Å². The van der Waals surface area contributed by atoms with E-state index in [0.29, 0.717) is 56.0 Å². The Kier molecular flexibility index (Phi) is 8.11. The Morgan fingerprint density at radius 2 is 1.79 bits per heavy atom. The second-order valence-corrected chi connectivity index (χ2v) is 9.94. The Morgan fingerprint density at radius 1 is 1.08 bits per heavy atom. The number of hydrogen-bond donors (Lipinski definition) is 1. The number of nitrogens with one attached hydrogen (secondary N) is 1. The summed E-state index contributed by atoms with van der Waals surface area (Å²) in [5.74, 6) is -1.42. The number of alkyl halides is 3. The van der Waals surface area contributed by atoms with Crippen molar-refractivity contribution in [2.75, 3.05) is 61.9 Å². The predicted molar refractivity (Wildman–Crippen MR) is 136 cm³/mol. The predicted octanol–water partition coefficient (Wildman–Crippen LogP) is 4.73. The summed E-state index contributed by atoms with van der Waals surface area (Å²) in [5.41, 5.74) is -1.07. The molecule has 2 aromatic heterocycles. The van der Waals surface area contributed by atoms with Gasteiger partial charge in [-0.1, -0.05) is 11.3 Å². The second-order valence-electron chi connectivity index (χ2n) is 8.96. The van der Waals surface area contributed by atoms with E-state index in [1.54, 1.807) is 30.8 Å². The van der Waals surface area contributed by atoms with Gasteiger partial charge in [-0.25, -0.2) is 19.3 Å². The van der Waals surface area contributed by atoms with Crippen LogP contribution in [0.5, 0.6) is 0 Å². The van der Waals surface area contributed by atoms with Crippen molar-refractivity contribution in [3.8, 4) is 11.3 Å². The Balaban J connectivity index is 1.63. The zero-order valence-corrected chi connectivity index (χ0v) is 21.8. The van der Waals surface area contributed by atoms with Crippen molar-refractivity contribution in [2.24, 2.45) is 0 Å². The molecule has 1 aliphatic heterocycles. The van der Waals surface area contributed by atoms with Gasteiger partial charge in [-0.05, 0) is 25.1 Å². The molecule has 1 saturated heterocycles. The van der Waals surface area contributed by atoms with Crippen LogP contribution >= 0.6 is 11.3 Å². The van der Waals surface area contributed by atoms with Gasteiger partial charge in [0, 0.05) is 58.8 Å². The first-order valence-electron chi connectivity index (χ1n) is 11.7. The van der Waals surface area contributed by atoms with Crippen LogP contribution in [0.1, 0.15) is 17.8 Å². The van der Waals surface area contributed by atoms with Crippen LogP contribution in [0.4, 0.5) is 43.7 Å². The van der Waals surface area contributed by atoms with Gasteiger partial charge in [0.05, 0.1) is 5.56 Å². The molecule has 0 atom stereocenters. The van der Waals surface area contributed by atoms with Crippen LogP contribution in [0.3, 0.4) is 0 Å². The average Bonchev–Trinajstić information content (AvgIpc) is 3.28. The van der Waals surface area contributed by atoms with Crippen LogP contribution in [0.15, 0.2) is 18.2 Å². The Morgan fingerprint density at radius 3 is 2.42 bits per heavy atom. The molecule has 1 aromatic carbocycles. The normalized spacial score (nSPS) is 14.6. The van der Waals surface area contributed by atoms with Gasteiger partial charge in [0.2, 0.25) is 5.82 Å². The van der Waals surface area contributed by atoms with E-state index in [0.717, 1.165) is 29.8 Å². The smallest absolute Gasteiger partial charge is 0.368 e. The van der Waals surface area contributed by atoms with Gasteiger partial charge in [-0.3, -0.25) is 4.90 Å². The summed E-state index contributed by atoms with van der Waals surface area (Å²) in [7, 11) is 3.35. The molecule has 1 aliphatic rings. The molecule has 0 aliphatic carbocycles. The molecule has 1 N–H and O–H groups in total. The number of aldehydes is 1. The molecule has 0 bridgehead atoms. The van der Waals surface area contributed by atoms with E-state index in [9.17, 15) is 22.4 Å². The first kappa shape index (κ1) is 27.6. The maximum absolute atomic E-state index is 15.6. The molecular weight excluding hydrogens is 529 g/mol. The summed E-state index contributed by atoms with van der Waals surface area (Å²) >= 11 is 1.06. The van der Waals surface area contributed by atoms with Gasteiger partial charge < -0.3 is 19.9 Å². The van der Waals surface area contributed by atoms with Crippen LogP contribution in [-0.2, 0) is 11.0 Å². The van der Waals surface area contributed by atoms with Crippen molar-refractivity contribution in [3.05, 3.63) is 41.2 Å². The third kappa shape index (κ3) is 6.18. The summed E-state index contributed by atoms with van der Waals surface area (Å²) in [6, 6.07) is 2.23. The lowest BCUT2D eigenvalue weighted by molar-refractivity contribution is -0.137. The fourth-order valence-electron chi connectivity index (χ4n) is 4.10. The number of aromatic nitrogens is 3. The van der Waals surface area contributed by atoms with Gasteiger partial charge in [-0.15, -0.1) is 0 Å². The fourth-order valence-corrected chi connectivity index (χ4v) is 5.01. The Hall–Kier alpha value is -3.39. The van der Waals surface area contributed by atoms with Crippen molar-refractivity contribution < 1.29 is 26.7 Å². The number of hydrogen-bond acceptors (Lipinski definition) is 9. The van der Waals surface area contributed by atoms with E-state index >= 15 is 4.39 Å². The van der Waals surface area contributed by atoms with E-state index in [1.807, 2.05) is 0 Å². The van der Waals surface area contributed by atoms with Crippen LogP contribution in [-0.4, -0.2) is 73.0 Å². The number of rotatable bonds is 8. The molecule has 3 heterocycles. The summed E-state index contributed by atoms with van der Waals surface area (Å²) in [5, 5.41) is 3.45. The highest BCUT2D eigenvalue weighted by molar-refractivity contribution is 7.20. The second kappa shape index (κ2) is 11.2. The number of piperazine rings is 1. The quantitative estimate of drug-likeness (QED) is 0.316. The largest absolute Gasteiger partial charge is 0.416 e. The number of carbonyl (C=O) groups is 1. The van der Waals surface area contributed by atoms with Gasteiger partial charge in [0.25, 0.3) is 0 Å². The number of nitrogens with zero attached hydrogens (tertiary/aromatic N) is 6. The molecule has 3 aromatic rings. The number of halogens is 5. The van der Waals surface area contributed by atoms with Crippen LogP contribution < -0.4 is 15.1 Å². The van der Waals surface area contributed by atoms with Gasteiger partial charge in [-0.2, -0.15) is 17.6 Å². The molecule has 0 amide bonds. The van der Waals surface area contributed by atoms with Gasteiger partial charge >= 0.3 is 6.18 Å². The van der Waals surface area contributed by atoms with Crippen LogP contribution in [0.2, 0.25) is 0 Å². The zero-order valence-electron chi connectivity index (χ0n) is 20.9. The highest BCUT2D eigenvalue weighted by atomic mass is 32.1. The minimum Gasteiger partial charge on any atom is -0.368 e. The standard InChI is InChI=1S/C24H26F5N7OS/c1-14-30-20(18(26)21(31-14)36-8-6-35(7-9-36)5-4-10-37)33-23-32-19(22(38-23)34(2)3)15-11-16(24(27,28)29)13-17(25)12-15/h10-13H,4-9H2,1-3H3,(H,30,31,32,33). The van der Waals surface area contributed by atoms with Crippen LogP contribution in [0, 0.1) is 18.6 Å². The lowest BCUT2D eigenvalue weighted by atomic mass is 10.1. The van der Waals surface area contributed by atoms with Crippen molar-refractivity contribution in [2.45, 2.75) is 19.5 Å². The van der Waals surface area contributed by atoms with Crippen molar-refractivity contribution in [1.82, 2.24) is 19.9 Å². The number of carbonyl (C=O) groups excluding carboxylic acids is 1. The molecule has 8 nitrogen and oxygen atoms in total.